The van der Waals surface area contributed by atoms with Gasteiger partial charge in [-0.05, 0) is 51.7 Å². The Morgan fingerprint density at radius 2 is 1.94 bits per heavy atom. The first-order valence-electron chi connectivity index (χ1n) is 11.3. The molecule has 0 aliphatic carbocycles. The summed E-state index contributed by atoms with van der Waals surface area (Å²) in [7, 11) is 0. The number of piperidine rings is 1. The first kappa shape index (κ1) is 24.3. The van der Waals surface area contributed by atoms with E-state index in [0.29, 0.717) is 32.0 Å². The zero-order valence-corrected chi connectivity index (χ0v) is 19.4. The van der Waals surface area contributed by atoms with Crippen LogP contribution in [-0.2, 0) is 15.7 Å². The standard InChI is InChI=1S/C25H29F3N2O4/c1-23(2,3)34-22(32)30-11-7-10-24(20(30)16-8-5-4-6-9-16)13-17(15-33-24)19-12-18(25(26,27)28)14-29-21(19)31/h4-6,8-9,12,14,17,20H,7,10-11,13,15H2,1-3H3,(H,29,31)/t17-,20-,24+/m0/s1. The van der Waals surface area contributed by atoms with Crippen LogP contribution in [0.15, 0.2) is 42.6 Å². The lowest BCUT2D eigenvalue weighted by molar-refractivity contribution is -0.137. The number of ether oxygens (including phenoxy) is 2. The van der Waals surface area contributed by atoms with E-state index in [0.717, 1.165) is 11.6 Å². The van der Waals surface area contributed by atoms with Crippen LogP contribution in [0.5, 0.6) is 5.88 Å². The van der Waals surface area contributed by atoms with Crippen LogP contribution in [0.2, 0.25) is 0 Å². The maximum atomic E-state index is 13.3. The fourth-order valence-electron chi connectivity index (χ4n) is 5.03. The first-order valence-corrected chi connectivity index (χ1v) is 11.3. The second-order valence-electron chi connectivity index (χ2n) is 10.0. The van der Waals surface area contributed by atoms with Crippen molar-refractivity contribution >= 4 is 6.09 Å². The Hall–Kier alpha value is -2.81. The smallest absolute Gasteiger partial charge is 0.417 e. The summed E-state index contributed by atoms with van der Waals surface area (Å²) in [5.41, 5.74) is -1.47. The van der Waals surface area contributed by atoms with Crippen LogP contribution in [0.1, 0.15) is 68.7 Å². The third-order valence-electron chi connectivity index (χ3n) is 6.38. The lowest BCUT2D eigenvalue weighted by Gasteiger charge is -2.47. The zero-order valence-electron chi connectivity index (χ0n) is 19.4. The topological polar surface area (TPSA) is 71.9 Å². The van der Waals surface area contributed by atoms with Gasteiger partial charge in [-0.25, -0.2) is 9.78 Å². The number of carbonyl (C=O) groups excluding carboxylic acids is 1. The molecular weight excluding hydrogens is 449 g/mol. The average molecular weight is 479 g/mol. The first-order chi connectivity index (χ1) is 15.9. The molecule has 1 N–H and O–H groups in total. The number of halogens is 3. The van der Waals surface area contributed by atoms with Crippen LogP contribution in [0.25, 0.3) is 0 Å². The monoisotopic (exact) mass is 478 g/mol. The number of nitrogens with zero attached hydrogens (tertiary/aromatic N) is 2. The van der Waals surface area contributed by atoms with Gasteiger partial charge in [-0.1, -0.05) is 30.3 Å². The summed E-state index contributed by atoms with van der Waals surface area (Å²) in [5, 5.41) is 10.3. The highest BCUT2D eigenvalue weighted by Crippen LogP contribution is 2.52. The van der Waals surface area contributed by atoms with Gasteiger partial charge < -0.3 is 14.6 Å². The molecule has 34 heavy (non-hydrogen) atoms. The van der Waals surface area contributed by atoms with Crippen molar-refractivity contribution in [3.8, 4) is 5.88 Å². The number of hydrogen-bond acceptors (Lipinski definition) is 5. The number of amides is 1. The summed E-state index contributed by atoms with van der Waals surface area (Å²) in [6.07, 6.45) is -2.80. The fraction of sp³-hybridized carbons (Fsp3) is 0.520. The lowest BCUT2D eigenvalue weighted by atomic mass is 9.76. The predicted octanol–water partition coefficient (Wildman–Crippen LogP) is 5.82. The highest BCUT2D eigenvalue weighted by Gasteiger charge is 2.53. The van der Waals surface area contributed by atoms with Crippen molar-refractivity contribution in [1.29, 1.82) is 0 Å². The Bertz CT molecular complexity index is 1040. The fourth-order valence-corrected chi connectivity index (χ4v) is 5.03. The third-order valence-corrected chi connectivity index (χ3v) is 6.38. The van der Waals surface area contributed by atoms with Gasteiger partial charge in [-0.2, -0.15) is 13.2 Å². The molecule has 0 saturated carbocycles. The number of hydrogen-bond donors (Lipinski definition) is 1. The number of alkyl halides is 3. The second-order valence-corrected chi connectivity index (χ2v) is 10.0. The summed E-state index contributed by atoms with van der Waals surface area (Å²) < 4.78 is 51.9. The molecule has 1 amide bonds. The van der Waals surface area contributed by atoms with Crippen LogP contribution in [-0.4, -0.2) is 45.4 Å². The number of likely N-dealkylation sites (tertiary alicyclic amines) is 1. The molecule has 0 bridgehead atoms. The van der Waals surface area contributed by atoms with E-state index in [-0.39, 0.29) is 12.2 Å². The molecule has 6 nitrogen and oxygen atoms in total. The molecule has 184 valence electrons. The molecule has 2 fully saturated rings. The molecule has 0 radical (unpaired) electrons. The molecule has 3 atom stereocenters. The van der Waals surface area contributed by atoms with E-state index in [9.17, 15) is 23.1 Å². The minimum absolute atomic E-state index is 0.105. The summed E-state index contributed by atoms with van der Waals surface area (Å²) in [5.74, 6) is -0.936. The van der Waals surface area contributed by atoms with E-state index in [1.54, 1.807) is 25.7 Å². The molecular formula is C25H29F3N2O4. The molecule has 1 aromatic heterocycles. The minimum Gasteiger partial charge on any atom is -0.493 e. The number of rotatable bonds is 2. The predicted molar refractivity (Wildman–Crippen MR) is 118 cm³/mol. The summed E-state index contributed by atoms with van der Waals surface area (Å²) in [6, 6.07) is 9.91. The number of benzene rings is 1. The largest absolute Gasteiger partial charge is 0.493 e. The maximum Gasteiger partial charge on any atom is 0.417 e. The highest BCUT2D eigenvalue weighted by atomic mass is 19.4. The van der Waals surface area contributed by atoms with Crippen molar-refractivity contribution in [3.63, 3.8) is 0 Å². The van der Waals surface area contributed by atoms with Gasteiger partial charge >= 0.3 is 12.3 Å². The van der Waals surface area contributed by atoms with E-state index < -0.39 is 46.9 Å². The molecule has 1 spiro atoms. The molecule has 1 aromatic carbocycles. The third kappa shape index (κ3) is 4.85. The number of aromatic nitrogens is 1. The Labute approximate surface area is 196 Å². The zero-order chi connectivity index (χ0) is 24.7. The summed E-state index contributed by atoms with van der Waals surface area (Å²) in [4.78, 5) is 18.4. The van der Waals surface area contributed by atoms with Gasteiger partial charge in [0.05, 0.1) is 23.8 Å². The van der Waals surface area contributed by atoms with Gasteiger partial charge in [0.1, 0.15) is 5.60 Å². The van der Waals surface area contributed by atoms with E-state index in [1.807, 2.05) is 30.3 Å². The number of pyridine rings is 1. The van der Waals surface area contributed by atoms with E-state index >= 15 is 0 Å². The number of aromatic hydroxyl groups is 1. The van der Waals surface area contributed by atoms with Crippen molar-refractivity contribution in [2.45, 2.75) is 69.4 Å². The average Bonchev–Trinajstić information content (AvgIpc) is 3.16. The molecule has 4 rings (SSSR count). The van der Waals surface area contributed by atoms with Gasteiger partial charge in [0.25, 0.3) is 0 Å². The second kappa shape index (κ2) is 8.76. The normalized spacial score (nSPS) is 25.5. The molecule has 2 aliphatic rings. The van der Waals surface area contributed by atoms with Crippen molar-refractivity contribution in [2.75, 3.05) is 13.2 Å². The molecule has 9 heteroatoms. The summed E-state index contributed by atoms with van der Waals surface area (Å²) in [6.45, 7) is 5.98. The highest BCUT2D eigenvalue weighted by molar-refractivity contribution is 5.69. The Kier molecular flexibility index (Phi) is 6.27. The quantitative estimate of drug-likeness (QED) is 0.589. The van der Waals surface area contributed by atoms with Crippen LogP contribution in [0.3, 0.4) is 0 Å². The maximum absolute atomic E-state index is 13.3. The molecule has 2 aromatic rings. The van der Waals surface area contributed by atoms with E-state index in [2.05, 4.69) is 4.98 Å². The molecule has 2 saturated heterocycles. The SMILES string of the molecule is CC(C)(C)OC(=O)N1CCC[C@@]2(C[C@H](c3cc(C(F)(F)F)cnc3O)CO2)[C@@H]1c1ccccc1. The molecule has 2 aliphatic heterocycles. The van der Waals surface area contributed by atoms with E-state index in [4.69, 9.17) is 9.47 Å². The van der Waals surface area contributed by atoms with Crippen LogP contribution >= 0.6 is 0 Å². The van der Waals surface area contributed by atoms with Crippen molar-refractivity contribution in [3.05, 3.63) is 59.3 Å². The number of carbonyl (C=O) groups is 1. The van der Waals surface area contributed by atoms with Crippen molar-refractivity contribution < 1.29 is 32.5 Å². The van der Waals surface area contributed by atoms with Crippen molar-refractivity contribution in [2.24, 2.45) is 0 Å². The van der Waals surface area contributed by atoms with E-state index in [1.165, 1.54) is 0 Å². The van der Waals surface area contributed by atoms with Crippen LogP contribution in [0, 0.1) is 0 Å². The minimum atomic E-state index is -4.57. The Morgan fingerprint density at radius 1 is 1.24 bits per heavy atom. The van der Waals surface area contributed by atoms with Gasteiger partial charge in [0.15, 0.2) is 0 Å². The van der Waals surface area contributed by atoms with Crippen molar-refractivity contribution in [1.82, 2.24) is 9.88 Å². The Balaban J connectivity index is 1.70. The molecule has 0 unspecified atom stereocenters. The molecule has 3 heterocycles. The van der Waals surface area contributed by atoms with Gasteiger partial charge in [-0.15, -0.1) is 0 Å². The summed E-state index contributed by atoms with van der Waals surface area (Å²) >= 11 is 0. The van der Waals surface area contributed by atoms with Crippen LogP contribution in [0.4, 0.5) is 18.0 Å². The Morgan fingerprint density at radius 3 is 2.59 bits per heavy atom. The lowest BCUT2D eigenvalue weighted by Crippen LogP contribution is -2.53. The van der Waals surface area contributed by atoms with Crippen LogP contribution < -0.4 is 0 Å². The van der Waals surface area contributed by atoms with Gasteiger partial charge in [0, 0.05) is 24.2 Å². The van der Waals surface area contributed by atoms with Gasteiger partial charge in [0.2, 0.25) is 5.88 Å². The van der Waals surface area contributed by atoms with Gasteiger partial charge in [-0.3, -0.25) is 4.90 Å².